The Hall–Kier alpha value is -2.44. The molecule has 0 amide bonds. The van der Waals surface area contributed by atoms with Gasteiger partial charge in [0.1, 0.15) is 0 Å². The van der Waals surface area contributed by atoms with Crippen molar-refractivity contribution >= 4 is 10.1 Å². The molecule has 2 N–H and O–H groups in total. The zero-order valence-electron chi connectivity index (χ0n) is 11.0. The molecule has 2 aromatic carbocycles. The van der Waals surface area contributed by atoms with Gasteiger partial charge in [0.05, 0.1) is 0 Å². The lowest BCUT2D eigenvalue weighted by Crippen LogP contribution is -1.99. The summed E-state index contributed by atoms with van der Waals surface area (Å²) in [5.41, 5.74) is 2.55. The second kappa shape index (κ2) is 6.83. The second-order valence-corrected chi connectivity index (χ2v) is 5.44. The second-order valence-electron chi connectivity index (χ2n) is 4.10. The predicted octanol–water partition coefficient (Wildman–Crippen LogP) is 3.01. The van der Waals surface area contributed by atoms with Crippen LogP contribution < -0.4 is 0 Å². The van der Waals surface area contributed by atoms with Crippen LogP contribution in [-0.2, 0) is 10.1 Å². The van der Waals surface area contributed by atoms with Crippen molar-refractivity contribution in [3.8, 4) is 11.1 Å². The molecule has 3 aromatic rings. The van der Waals surface area contributed by atoms with Gasteiger partial charge in [0, 0.05) is 12.4 Å². The van der Waals surface area contributed by atoms with E-state index in [4.69, 9.17) is 4.55 Å². The van der Waals surface area contributed by atoms with Crippen LogP contribution in [0.5, 0.6) is 0 Å². The third-order valence-corrected chi connectivity index (χ3v) is 3.31. The fourth-order valence-corrected chi connectivity index (χ4v) is 2.06. The average molecular weight is 302 g/mol. The molecule has 0 bridgehead atoms. The predicted molar refractivity (Wildman–Crippen MR) is 80.3 cm³/mol. The minimum absolute atomic E-state index is 0.428. The van der Waals surface area contributed by atoms with Gasteiger partial charge in [0.25, 0.3) is 5.16 Å². The third-order valence-electron chi connectivity index (χ3n) is 2.60. The molecule has 108 valence electrons. The topological polar surface area (TPSA) is 83.1 Å². The van der Waals surface area contributed by atoms with Crippen LogP contribution in [0.25, 0.3) is 11.1 Å². The van der Waals surface area contributed by atoms with E-state index in [0.717, 1.165) is 0 Å². The molecule has 0 spiro atoms. The van der Waals surface area contributed by atoms with Crippen molar-refractivity contribution in [2.24, 2.45) is 0 Å². The fourth-order valence-electron chi connectivity index (χ4n) is 1.65. The number of imidazole rings is 1. The summed E-state index contributed by atoms with van der Waals surface area (Å²) in [7, 11) is -4.13. The zero-order valence-corrected chi connectivity index (χ0v) is 11.9. The van der Waals surface area contributed by atoms with Gasteiger partial charge in [-0.15, -0.1) is 0 Å². The maximum absolute atomic E-state index is 10.2. The highest BCUT2D eigenvalue weighted by Crippen LogP contribution is 2.17. The first-order valence-electron chi connectivity index (χ1n) is 6.15. The van der Waals surface area contributed by atoms with Crippen molar-refractivity contribution in [3.63, 3.8) is 0 Å². The van der Waals surface area contributed by atoms with E-state index in [2.05, 4.69) is 58.5 Å². The van der Waals surface area contributed by atoms with Crippen molar-refractivity contribution in [2.45, 2.75) is 5.16 Å². The van der Waals surface area contributed by atoms with Crippen molar-refractivity contribution < 1.29 is 13.0 Å². The molecule has 0 aliphatic carbocycles. The largest absolute Gasteiger partial charge is 0.334 e. The van der Waals surface area contributed by atoms with Gasteiger partial charge in [-0.3, -0.25) is 4.55 Å². The molecule has 0 saturated carbocycles. The molecule has 0 radical (unpaired) electrons. The summed E-state index contributed by atoms with van der Waals surface area (Å²) in [6, 6.07) is 20.8. The van der Waals surface area contributed by atoms with Crippen LogP contribution in [-0.4, -0.2) is 22.9 Å². The van der Waals surface area contributed by atoms with E-state index in [1.807, 2.05) is 12.1 Å². The van der Waals surface area contributed by atoms with E-state index in [0.29, 0.717) is 0 Å². The van der Waals surface area contributed by atoms with Crippen LogP contribution in [0.3, 0.4) is 0 Å². The maximum atomic E-state index is 10.2. The van der Waals surface area contributed by atoms with Crippen LogP contribution in [0, 0.1) is 0 Å². The number of aromatic nitrogens is 2. The minimum Gasteiger partial charge on any atom is -0.334 e. The van der Waals surface area contributed by atoms with Gasteiger partial charge in [-0.1, -0.05) is 60.7 Å². The Morgan fingerprint density at radius 1 is 0.857 bits per heavy atom. The van der Waals surface area contributed by atoms with Crippen LogP contribution in [0.1, 0.15) is 0 Å². The fraction of sp³-hybridized carbons (Fsp3) is 0. The maximum Gasteiger partial charge on any atom is 0.328 e. The molecule has 0 unspecified atom stereocenters. The number of H-pyrrole nitrogens is 1. The Morgan fingerprint density at radius 2 is 1.33 bits per heavy atom. The first kappa shape index (κ1) is 15.0. The van der Waals surface area contributed by atoms with E-state index in [1.165, 1.54) is 23.5 Å². The SMILES string of the molecule is O=S(=O)(O)c1ncc[nH]1.c1ccc(-c2ccccc2)cc1. The molecular formula is C15H14N2O3S. The zero-order chi connectivity index (χ0) is 15.1. The van der Waals surface area contributed by atoms with Gasteiger partial charge in [0.2, 0.25) is 0 Å². The smallest absolute Gasteiger partial charge is 0.328 e. The highest BCUT2D eigenvalue weighted by atomic mass is 32.2. The Bertz CT molecular complexity index is 718. The van der Waals surface area contributed by atoms with E-state index >= 15 is 0 Å². The van der Waals surface area contributed by atoms with Gasteiger partial charge in [-0.05, 0) is 11.1 Å². The Balaban J connectivity index is 0.000000161. The van der Waals surface area contributed by atoms with Crippen molar-refractivity contribution in [2.75, 3.05) is 0 Å². The monoisotopic (exact) mass is 302 g/mol. The molecule has 6 heteroatoms. The Labute approximate surface area is 123 Å². The summed E-state index contributed by atoms with van der Waals surface area (Å²) < 4.78 is 28.6. The first-order chi connectivity index (χ1) is 10.1. The van der Waals surface area contributed by atoms with Gasteiger partial charge in [-0.25, -0.2) is 4.98 Å². The lowest BCUT2D eigenvalue weighted by Gasteiger charge is -1.98. The molecule has 3 rings (SSSR count). The van der Waals surface area contributed by atoms with E-state index in [1.54, 1.807) is 0 Å². The van der Waals surface area contributed by atoms with E-state index in [9.17, 15) is 8.42 Å². The number of nitrogens with zero attached hydrogens (tertiary/aromatic N) is 1. The Kier molecular flexibility index (Phi) is 4.86. The summed E-state index contributed by atoms with van der Waals surface area (Å²) in [6.45, 7) is 0. The summed E-state index contributed by atoms with van der Waals surface area (Å²) >= 11 is 0. The molecule has 0 fully saturated rings. The molecule has 5 nitrogen and oxygen atoms in total. The summed E-state index contributed by atoms with van der Waals surface area (Å²) in [5.74, 6) is 0. The van der Waals surface area contributed by atoms with Crippen molar-refractivity contribution in [1.29, 1.82) is 0 Å². The quantitative estimate of drug-likeness (QED) is 0.713. The highest BCUT2D eigenvalue weighted by Gasteiger charge is 2.09. The molecular weight excluding hydrogens is 288 g/mol. The normalized spacial score (nSPS) is 10.5. The standard InChI is InChI=1S/C12H10.C3H4N2O3S/c1-3-7-11(8-4-1)12-9-5-2-6-10-12;6-9(7,8)3-4-1-2-5-3/h1-10H;1-2H,(H,4,5)(H,6,7,8). The van der Waals surface area contributed by atoms with E-state index < -0.39 is 15.3 Å². The molecule has 0 aliphatic heterocycles. The molecule has 0 aliphatic rings. The first-order valence-corrected chi connectivity index (χ1v) is 7.59. The molecule has 1 aromatic heterocycles. The highest BCUT2D eigenvalue weighted by molar-refractivity contribution is 7.85. The number of nitrogens with one attached hydrogen (secondary N) is 1. The number of aromatic amines is 1. The summed E-state index contributed by atoms with van der Waals surface area (Å²) in [5, 5.41) is -0.428. The van der Waals surface area contributed by atoms with Crippen LogP contribution in [0.4, 0.5) is 0 Å². The molecule has 21 heavy (non-hydrogen) atoms. The van der Waals surface area contributed by atoms with Crippen molar-refractivity contribution in [3.05, 3.63) is 73.1 Å². The molecule has 1 heterocycles. The lowest BCUT2D eigenvalue weighted by molar-refractivity contribution is 0.475. The molecule has 0 saturated heterocycles. The van der Waals surface area contributed by atoms with Gasteiger partial charge >= 0.3 is 10.1 Å². The van der Waals surface area contributed by atoms with E-state index in [-0.39, 0.29) is 0 Å². The van der Waals surface area contributed by atoms with Crippen LogP contribution in [0.15, 0.2) is 78.2 Å². The van der Waals surface area contributed by atoms with Gasteiger partial charge in [0.15, 0.2) is 0 Å². The molecule has 0 atom stereocenters. The number of benzene rings is 2. The van der Waals surface area contributed by atoms with Gasteiger partial charge in [-0.2, -0.15) is 8.42 Å². The average Bonchev–Trinajstić information content (AvgIpc) is 3.04. The van der Waals surface area contributed by atoms with Gasteiger partial charge < -0.3 is 4.98 Å². The van der Waals surface area contributed by atoms with Crippen molar-refractivity contribution in [1.82, 2.24) is 9.97 Å². The van der Waals surface area contributed by atoms with Crippen LogP contribution >= 0.6 is 0 Å². The number of hydrogen-bond donors (Lipinski definition) is 2. The lowest BCUT2D eigenvalue weighted by atomic mass is 10.1. The number of rotatable bonds is 2. The number of hydrogen-bond acceptors (Lipinski definition) is 3. The summed E-state index contributed by atoms with van der Waals surface area (Å²) in [6.07, 6.45) is 2.55. The minimum atomic E-state index is -4.13. The summed E-state index contributed by atoms with van der Waals surface area (Å²) in [4.78, 5) is 5.52. The Morgan fingerprint density at radius 3 is 1.62 bits per heavy atom. The third kappa shape index (κ3) is 4.55. The van der Waals surface area contributed by atoms with Crippen LogP contribution in [0.2, 0.25) is 0 Å².